The minimum Gasteiger partial charge on any atom is -0.480 e. The number of rotatable bonds is 4. The number of nitrogens with two attached hydrogens (primary N) is 1. The summed E-state index contributed by atoms with van der Waals surface area (Å²) >= 11 is 0. The quantitative estimate of drug-likeness (QED) is 0.536. The van der Waals surface area contributed by atoms with Crippen LogP contribution >= 0.6 is 0 Å². The minimum absolute atomic E-state index is 0.0192. The molecule has 2 aliphatic heterocycles. The van der Waals surface area contributed by atoms with E-state index in [1.54, 1.807) is 4.90 Å². The number of likely N-dealkylation sites (tertiary alicyclic amines) is 1. The molecule has 0 aromatic rings. The van der Waals surface area contributed by atoms with E-state index in [0.717, 1.165) is 0 Å². The van der Waals surface area contributed by atoms with Gasteiger partial charge in [-0.15, -0.1) is 0 Å². The van der Waals surface area contributed by atoms with Crippen LogP contribution in [-0.4, -0.2) is 73.0 Å². The highest BCUT2D eigenvalue weighted by molar-refractivity contribution is 7.91. The predicted octanol–water partition coefficient (Wildman–Crippen LogP) is -2.22. The lowest BCUT2D eigenvalue weighted by Crippen LogP contribution is -2.51. The van der Waals surface area contributed by atoms with Crippen LogP contribution in [0, 0.1) is 0 Å². The molecular formula is C11H19N3O5S. The van der Waals surface area contributed by atoms with Gasteiger partial charge in [-0.05, 0) is 12.8 Å². The van der Waals surface area contributed by atoms with Crippen molar-refractivity contribution < 1.29 is 23.1 Å². The van der Waals surface area contributed by atoms with Crippen molar-refractivity contribution in [3.05, 3.63) is 0 Å². The highest BCUT2D eigenvalue weighted by Gasteiger charge is 2.41. The fourth-order valence-electron chi connectivity index (χ4n) is 2.61. The van der Waals surface area contributed by atoms with Gasteiger partial charge in [0.1, 0.15) is 5.54 Å². The van der Waals surface area contributed by atoms with Crippen LogP contribution in [0.15, 0.2) is 0 Å². The number of carbonyl (C=O) groups is 2. The number of aliphatic carboxylic acids is 1. The van der Waals surface area contributed by atoms with Gasteiger partial charge in [-0.2, -0.15) is 0 Å². The maximum absolute atomic E-state index is 11.8. The molecule has 20 heavy (non-hydrogen) atoms. The molecule has 0 aromatic carbocycles. The molecule has 9 heteroatoms. The van der Waals surface area contributed by atoms with Crippen LogP contribution in [0.5, 0.6) is 0 Å². The van der Waals surface area contributed by atoms with E-state index < -0.39 is 21.3 Å². The number of nitrogens with one attached hydrogen (secondary N) is 1. The van der Waals surface area contributed by atoms with Gasteiger partial charge in [-0.3, -0.25) is 14.5 Å². The van der Waals surface area contributed by atoms with Crippen molar-refractivity contribution in [1.82, 2.24) is 10.2 Å². The van der Waals surface area contributed by atoms with Gasteiger partial charge >= 0.3 is 5.97 Å². The molecule has 2 fully saturated rings. The van der Waals surface area contributed by atoms with Crippen LogP contribution in [0.1, 0.15) is 12.8 Å². The van der Waals surface area contributed by atoms with Crippen molar-refractivity contribution in [3.63, 3.8) is 0 Å². The number of amides is 1. The number of carbonyl (C=O) groups excluding carboxylic acids is 1. The SMILES string of the molecule is NC1(C(=O)O)CCN(CC(=O)NC2CCS(=O)(=O)C2)C1. The van der Waals surface area contributed by atoms with E-state index in [9.17, 15) is 18.0 Å². The summed E-state index contributed by atoms with van der Waals surface area (Å²) in [5.74, 6) is -1.27. The highest BCUT2D eigenvalue weighted by Crippen LogP contribution is 2.18. The fourth-order valence-corrected chi connectivity index (χ4v) is 4.28. The first-order valence-electron chi connectivity index (χ1n) is 6.45. The van der Waals surface area contributed by atoms with Gasteiger partial charge in [0, 0.05) is 19.1 Å². The van der Waals surface area contributed by atoms with Crippen molar-refractivity contribution in [2.24, 2.45) is 5.73 Å². The topological polar surface area (TPSA) is 130 Å². The molecule has 2 atom stereocenters. The summed E-state index contributed by atoms with van der Waals surface area (Å²) in [7, 11) is -3.02. The second kappa shape index (κ2) is 5.30. The normalized spacial score (nSPS) is 33.1. The summed E-state index contributed by atoms with van der Waals surface area (Å²) in [6, 6.07) is -0.336. The molecular weight excluding hydrogens is 286 g/mol. The summed E-state index contributed by atoms with van der Waals surface area (Å²) in [6.45, 7) is 0.612. The molecule has 0 bridgehead atoms. The number of hydrogen-bond acceptors (Lipinski definition) is 6. The summed E-state index contributed by atoms with van der Waals surface area (Å²) in [6.07, 6.45) is 0.734. The van der Waals surface area contributed by atoms with E-state index in [1.165, 1.54) is 0 Å². The van der Waals surface area contributed by atoms with Gasteiger partial charge < -0.3 is 16.2 Å². The average molecular weight is 305 g/mol. The highest BCUT2D eigenvalue weighted by atomic mass is 32.2. The van der Waals surface area contributed by atoms with E-state index in [0.29, 0.717) is 19.4 Å². The molecule has 0 spiro atoms. The van der Waals surface area contributed by atoms with Crippen molar-refractivity contribution in [3.8, 4) is 0 Å². The van der Waals surface area contributed by atoms with Crippen LogP contribution in [0.25, 0.3) is 0 Å². The molecule has 4 N–H and O–H groups in total. The average Bonchev–Trinajstić information content (AvgIpc) is 2.83. The molecule has 2 saturated heterocycles. The minimum atomic E-state index is -3.02. The van der Waals surface area contributed by atoms with Gasteiger partial charge in [0.25, 0.3) is 0 Å². The largest absolute Gasteiger partial charge is 0.480 e. The van der Waals surface area contributed by atoms with Gasteiger partial charge in [0.2, 0.25) is 5.91 Å². The number of hydrogen-bond donors (Lipinski definition) is 3. The second-order valence-corrected chi connectivity index (χ2v) is 7.82. The third-order valence-corrected chi connectivity index (χ3v) is 5.54. The monoisotopic (exact) mass is 305 g/mol. The molecule has 8 nitrogen and oxygen atoms in total. The lowest BCUT2D eigenvalue weighted by atomic mass is 10.0. The Bertz CT molecular complexity index is 520. The maximum atomic E-state index is 11.8. The van der Waals surface area contributed by atoms with Crippen molar-refractivity contribution in [2.75, 3.05) is 31.1 Å². The summed E-state index contributed by atoms with van der Waals surface area (Å²) < 4.78 is 22.6. The standard InChI is InChI=1S/C11H19N3O5S/c12-11(10(16)17)2-3-14(7-11)5-9(15)13-8-1-4-20(18,19)6-8/h8H,1-7,12H2,(H,13,15)(H,16,17). The number of nitrogens with zero attached hydrogens (tertiary/aromatic N) is 1. The Balaban J connectivity index is 1.80. The van der Waals surface area contributed by atoms with E-state index in [-0.39, 0.29) is 36.5 Å². The van der Waals surface area contributed by atoms with Crippen LogP contribution in [0.4, 0.5) is 0 Å². The van der Waals surface area contributed by atoms with Crippen molar-refractivity contribution >= 4 is 21.7 Å². The Morgan fingerprint density at radius 3 is 2.65 bits per heavy atom. The van der Waals surface area contributed by atoms with Gasteiger partial charge in [-0.1, -0.05) is 0 Å². The van der Waals surface area contributed by atoms with Crippen LogP contribution in [0.2, 0.25) is 0 Å². The lowest BCUT2D eigenvalue weighted by Gasteiger charge is -2.20. The first-order valence-corrected chi connectivity index (χ1v) is 8.27. The molecule has 2 unspecified atom stereocenters. The first kappa shape index (κ1) is 15.2. The van der Waals surface area contributed by atoms with E-state index in [4.69, 9.17) is 10.8 Å². The molecule has 2 rings (SSSR count). The van der Waals surface area contributed by atoms with Crippen molar-refractivity contribution in [1.29, 1.82) is 0 Å². The van der Waals surface area contributed by atoms with E-state index in [1.807, 2.05) is 0 Å². The zero-order valence-electron chi connectivity index (χ0n) is 11.0. The molecule has 2 heterocycles. The number of sulfone groups is 1. The molecule has 0 aromatic heterocycles. The predicted molar refractivity (Wildman–Crippen MR) is 70.8 cm³/mol. The van der Waals surface area contributed by atoms with Crippen LogP contribution in [0.3, 0.4) is 0 Å². The van der Waals surface area contributed by atoms with Gasteiger partial charge in [-0.25, -0.2) is 8.42 Å². The maximum Gasteiger partial charge on any atom is 0.325 e. The zero-order valence-corrected chi connectivity index (χ0v) is 11.9. The molecule has 1 amide bonds. The zero-order chi connectivity index (χ0) is 15.0. The third-order valence-electron chi connectivity index (χ3n) is 3.77. The Labute approximate surface area is 117 Å². The molecule has 0 aliphatic carbocycles. The smallest absolute Gasteiger partial charge is 0.325 e. The van der Waals surface area contributed by atoms with Crippen LogP contribution in [-0.2, 0) is 19.4 Å². The van der Waals surface area contributed by atoms with Gasteiger partial charge in [0.05, 0.1) is 18.1 Å². The van der Waals surface area contributed by atoms with Crippen molar-refractivity contribution in [2.45, 2.75) is 24.4 Å². The molecule has 0 radical (unpaired) electrons. The van der Waals surface area contributed by atoms with Gasteiger partial charge in [0.15, 0.2) is 9.84 Å². The molecule has 0 saturated carbocycles. The van der Waals surface area contributed by atoms with E-state index >= 15 is 0 Å². The first-order chi connectivity index (χ1) is 9.20. The summed E-state index contributed by atoms with van der Waals surface area (Å²) in [4.78, 5) is 24.5. The van der Waals surface area contributed by atoms with E-state index in [2.05, 4.69) is 5.32 Å². The summed E-state index contributed by atoms with van der Waals surface area (Å²) in [5.41, 5.74) is 4.42. The fraction of sp³-hybridized carbons (Fsp3) is 0.818. The second-order valence-electron chi connectivity index (χ2n) is 5.59. The van der Waals surface area contributed by atoms with Crippen LogP contribution < -0.4 is 11.1 Å². The third kappa shape index (κ3) is 3.47. The Morgan fingerprint density at radius 2 is 2.15 bits per heavy atom. The Kier molecular flexibility index (Phi) is 4.03. The number of carboxylic acids is 1. The lowest BCUT2D eigenvalue weighted by molar-refractivity contribution is -0.143. The Morgan fingerprint density at radius 1 is 1.45 bits per heavy atom. The number of carboxylic acid groups (broad SMARTS) is 1. The molecule has 2 aliphatic rings. The summed E-state index contributed by atoms with van der Waals surface area (Å²) in [5, 5.41) is 11.7. The molecule has 114 valence electrons. The Hall–Kier alpha value is -1.19.